The van der Waals surface area contributed by atoms with E-state index in [-0.39, 0.29) is 29.9 Å². The molecular formula is C29H38N4O5. The smallest absolute Gasteiger partial charge is 0.255 e. The number of aromatic amines is 1. The fourth-order valence-corrected chi connectivity index (χ4v) is 5.39. The molecule has 38 heavy (non-hydrogen) atoms. The van der Waals surface area contributed by atoms with Crippen LogP contribution in [0.3, 0.4) is 0 Å². The topological polar surface area (TPSA) is 125 Å². The lowest BCUT2D eigenvalue weighted by atomic mass is 9.89. The normalized spacial score (nSPS) is 23.6. The number of rotatable bonds is 9. The van der Waals surface area contributed by atoms with Gasteiger partial charge in [-0.3, -0.25) is 9.59 Å². The number of nitrogens with one attached hydrogen (secondary N) is 4. The number of aliphatic hydroxyl groups excluding tert-OH is 1. The van der Waals surface area contributed by atoms with E-state index < -0.39 is 6.10 Å². The van der Waals surface area contributed by atoms with Crippen LogP contribution in [-0.4, -0.2) is 53.8 Å². The zero-order chi connectivity index (χ0) is 26.8. The summed E-state index contributed by atoms with van der Waals surface area (Å²) in [6.07, 6.45) is 6.33. The van der Waals surface area contributed by atoms with Gasteiger partial charge in [-0.1, -0.05) is 0 Å². The van der Waals surface area contributed by atoms with Gasteiger partial charge in [-0.25, -0.2) is 0 Å². The molecule has 204 valence electrons. The van der Waals surface area contributed by atoms with Gasteiger partial charge in [0.05, 0.1) is 31.0 Å². The molecule has 0 saturated heterocycles. The van der Waals surface area contributed by atoms with Crippen LogP contribution in [0.15, 0.2) is 36.2 Å². The Labute approximate surface area is 223 Å². The number of amides is 2. The molecular weight excluding hydrogens is 484 g/mol. The molecule has 1 aliphatic heterocycles. The summed E-state index contributed by atoms with van der Waals surface area (Å²) in [5.41, 5.74) is 4.15. The Bertz CT molecular complexity index is 1210. The van der Waals surface area contributed by atoms with E-state index in [9.17, 15) is 14.7 Å². The molecule has 0 spiro atoms. The van der Waals surface area contributed by atoms with E-state index in [0.29, 0.717) is 18.1 Å². The minimum Gasteiger partial charge on any atom is -0.497 e. The number of fused-ring (bicyclic) bond motifs is 1. The molecule has 2 atom stereocenters. The van der Waals surface area contributed by atoms with Crippen molar-refractivity contribution in [2.45, 2.75) is 76.6 Å². The standard InChI is InChI=1S/C29H38N4O5/c1-16-25(29(36)33-20-8-6-19(7-9-20)32-28(35)17(2)34)27-22(12-13-30-27)26(31-16)23-14-21(37-3)10-11-24(23)38-15-18-4-5-18/h10-14,17-20,26,30-31,34H,4-9,15H2,1-3H3,(H,32,35)(H,33,36)/t17-,19?,20?,26?/m0/s1. The van der Waals surface area contributed by atoms with Crippen LogP contribution in [-0.2, 0) is 9.59 Å². The summed E-state index contributed by atoms with van der Waals surface area (Å²) in [6.45, 7) is 4.10. The monoisotopic (exact) mass is 522 g/mol. The lowest BCUT2D eigenvalue weighted by molar-refractivity contribution is -0.129. The molecule has 1 aromatic carbocycles. The molecule has 5 N–H and O–H groups in total. The minimum atomic E-state index is -1.02. The second kappa shape index (κ2) is 11.1. The van der Waals surface area contributed by atoms with Crippen LogP contribution >= 0.6 is 0 Å². The van der Waals surface area contributed by atoms with Crippen molar-refractivity contribution in [3.05, 3.63) is 53.0 Å². The zero-order valence-electron chi connectivity index (χ0n) is 22.3. The molecule has 3 aliphatic rings. The number of methoxy groups -OCH3 is 1. The van der Waals surface area contributed by atoms with Gasteiger partial charge in [-0.2, -0.15) is 0 Å². The molecule has 2 aliphatic carbocycles. The number of hydrogen-bond donors (Lipinski definition) is 5. The third-order valence-electron chi connectivity index (χ3n) is 7.79. The second-order valence-corrected chi connectivity index (χ2v) is 10.8. The van der Waals surface area contributed by atoms with Gasteiger partial charge in [0.25, 0.3) is 5.91 Å². The summed E-state index contributed by atoms with van der Waals surface area (Å²) in [7, 11) is 1.65. The van der Waals surface area contributed by atoms with Gasteiger partial charge in [0.1, 0.15) is 17.6 Å². The third kappa shape index (κ3) is 5.67. The molecule has 2 heterocycles. The number of carbonyl (C=O) groups excluding carboxylic acids is 2. The predicted octanol–water partition coefficient (Wildman–Crippen LogP) is 3.16. The van der Waals surface area contributed by atoms with Crippen molar-refractivity contribution in [1.82, 2.24) is 20.9 Å². The van der Waals surface area contributed by atoms with Crippen LogP contribution in [0.2, 0.25) is 0 Å². The van der Waals surface area contributed by atoms with Gasteiger partial charge in [0.15, 0.2) is 0 Å². The minimum absolute atomic E-state index is 0.0255. The fourth-order valence-electron chi connectivity index (χ4n) is 5.39. The average Bonchev–Trinajstić information content (AvgIpc) is 3.62. The molecule has 1 unspecified atom stereocenters. The number of ether oxygens (including phenoxy) is 2. The molecule has 9 nitrogen and oxygen atoms in total. The molecule has 0 bridgehead atoms. The Morgan fingerprint density at radius 1 is 1.05 bits per heavy atom. The predicted molar refractivity (Wildman–Crippen MR) is 144 cm³/mol. The number of allylic oxidation sites excluding steroid dienone is 1. The van der Waals surface area contributed by atoms with E-state index in [0.717, 1.165) is 59.7 Å². The first-order chi connectivity index (χ1) is 18.3. The number of benzene rings is 1. The Morgan fingerprint density at radius 3 is 2.42 bits per heavy atom. The van der Waals surface area contributed by atoms with E-state index in [1.807, 2.05) is 37.4 Å². The van der Waals surface area contributed by atoms with Crippen molar-refractivity contribution in [3.63, 3.8) is 0 Å². The fraction of sp³-hybridized carbons (Fsp3) is 0.517. The van der Waals surface area contributed by atoms with Crippen LogP contribution in [0.1, 0.15) is 75.2 Å². The number of H-pyrrole nitrogens is 1. The largest absolute Gasteiger partial charge is 0.497 e. The summed E-state index contributed by atoms with van der Waals surface area (Å²) in [6, 6.07) is 7.75. The van der Waals surface area contributed by atoms with Crippen molar-refractivity contribution < 1.29 is 24.2 Å². The highest BCUT2D eigenvalue weighted by atomic mass is 16.5. The van der Waals surface area contributed by atoms with Crippen molar-refractivity contribution in [2.24, 2.45) is 5.92 Å². The first-order valence-electron chi connectivity index (χ1n) is 13.6. The maximum absolute atomic E-state index is 13.5. The molecule has 5 rings (SSSR count). The molecule has 2 amide bonds. The van der Waals surface area contributed by atoms with Gasteiger partial charge in [0.2, 0.25) is 5.91 Å². The van der Waals surface area contributed by atoms with E-state index in [2.05, 4.69) is 20.9 Å². The SMILES string of the molecule is COc1ccc(OCC2CC2)c(C2NC(C)=C(C(=O)NC3CCC(NC(=O)[C@H](C)O)CC3)c3[nH]ccc32)c1. The van der Waals surface area contributed by atoms with E-state index in [4.69, 9.17) is 9.47 Å². The van der Waals surface area contributed by atoms with E-state index in [1.165, 1.54) is 19.8 Å². The van der Waals surface area contributed by atoms with Crippen molar-refractivity contribution in [1.29, 1.82) is 0 Å². The van der Waals surface area contributed by atoms with Gasteiger partial charge in [-0.05, 0) is 82.6 Å². The molecule has 1 aromatic heterocycles. The average molecular weight is 523 g/mol. The summed E-state index contributed by atoms with van der Waals surface area (Å²) in [4.78, 5) is 28.6. The lowest BCUT2D eigenvalue weighted by Crippen LogP contribution is -2.46. The second-order valence-electron chi connectivity index (χ2n) is 10.8. The van der Waals surface area contributed by atoms with E-state index >= 15 is 0 Å². The highest BCUT2D eigenvalue weighted by Gasteiger charge is 2.34. The van der Waals surface area contributed by atoms with E-state index in [1.54, 1.807) is 7.11 Å². The van der Waals surface area contributed by atoms with Gasteiger partial charge in [-0.15, -0.1) is 0 Å². The number of aromatic nitrogens is 1. The Morgan fingerprint density at radius 2 is 1.76 bits per heavy atom. The zero-order valence-corrected chi connectivity index (χ0v) is 22.3. The molecule has 2 fully saturated rings. The van der Waals surface area contributed by atoms with Crippen LogP contribution in [0, 0.1) is 5.92 Å². The Balaban J connectivity index is 1.30. The summed E-state index contributed by atoms with van der Waals surface area (Å²) in [5.74, 6) is 1.74. The highest BCUT2D eigenvalue weighted by Crippen LogP contribution is 2.41. The van der Waals surface area contributed by atoms with Crippen LogP contribution in [0.25, 0.3) is 5.57 Å². The summed E-state index contributed by atoms with van der Waals surface area (Å²) < 4.78 is 11.7. The number of hydrogen-bond acceptors (Lipinski definition) is 6. The van der Waals surface area contributed by atoms with Gasteiger partial charge in [0, 0.05) is 35.1 Å². The van der Waals surface area contributed by atoms with Crippen LogP contribution in [0.5, 0.6) is 11.5 Å². The maximum atomic E-state index is 13.5. The molecule has 2 saturated carbocycles. The maximum Gasteiger partial charge on any atom is 0.255 e. The molecule has 9 heteroatoms. The molecule has 2 aromatic rings. The first-order valence-corrected chi connectivity index (χ1v) is 13.6. The Hall–Kier alpha value is -3.46. The quantitative estimate of drug-likeness (QED) is 0.345. The first kappa shape index (κ1) is 26.2. The van der Waals surface area contributed by atoms with Gasteiger partial charge < -0.3 is 35.5 Å². The highest BCUT2D eigenvalue weighted by molar-refractivity contribution is 6.20. The Kier molecular flexibility index (Phi) is 7.65. The lowest BCUT2D eigenvalue weighted by Gasteiger charge is -2.32. The van der Waals surface area contributed by atoms with Crippen molar-refractivity contribution in [3.8, 4) is 11.5 Å². The van der Waals surface area contributed by atoms with Crippen LogP contribution in [0.4, 0.5) is 0 Å². The third-order valence-corrected chi connectivity index (χ3v) is 7.79. The van der Waals surface area contributed by atoms with Crippen molar-refractivity contribution >= 4 is 17.4 Å². The summed E-state index contributed by atoms with van der Waals surface area (Å²) in [5, 5.41) is 19.1. The number of carbonyl (C=O) groups is 2. The summed E-state index contributed by atoms with van der Waals surface area (Å²) >= 11 is 0. The number of aliphatic hydroxyl groups is 1. The molecule has 0 radical (unpaired) electrons. The van der Waals surface area contributed by atoms with Crippen LogP contribution < -0.4 is 25.4 Å². The van der Waals surface area contributed by atoms with Crippen molar-refractivity contribution in [2.75, 3.05) is 13.7 Å². The van der Waals surface area contributed by atoms with Gasteiger partial charge >= 0.3 is 0 Å².